The van der Waals surface area contributed by atoms with Gasteiger partial charge >= 0.3 is 5.97 Å². The van der Waals surface area contributed by atoms with Gasteiger partial charge in [-0.15, -0.1) is 0 Å². The summed E-state index contributed by atoms with van der Waals surface area (Å²) in [4.78, 5) is 26.1. The van der Waals surface area contributed by atoms with E-state index in [-0.39, 0.29) is 12.5 Å². The van der Waals surface area contributed by atoms with Crippen molar-refractivity contribution in [1.29, 1.82) is 0 Å². The van der Waals surface area contributed by atoms with Gasteiger partial charge in [-0.1, -0.05) is 38.1 Å². The lowest BCUT2D eigenvalue weighted by Crippen LogP contribution is -2.33. The maximum atomic E-state index is 12.4. The van der Waals surface area contributed by atoms with Crippen LogP contribution in [0.1, 0.15) is 25.0 Å². The second-order valence-electron chi connectivity index (χ2n) is 7.48. The highest BCUT2D eigenvalue weighted by molar-refractivity contribution is 5.98. The van der Waals surface area contributed by atoms with Crippen LogP contribution in [0.25, 0.3) is 6.08 Å². The quantitative estimate of drug-likeness (QED) is 0.489. The molecule has 1 aliphatic rings. The topological polar surface area (TPSA) is 65.1 Å². The van der Waals surface area contributed by atoms with E-state index < -0.39 is 5.97 Å². The molecule has 0 bridgehead atoms. The molecule has 2 aromatic carbocycles. The van der Waals surface area contributed by atoms with Crippen LogP contribution in [0.2, 0.25) is 0 Å². The normalized spacial score (nSPS) is 12.9. The average Bonchev–Trinajstić information content (AvgIpc) is 3.19. The summed E-state index contributed by atoms with van der Waals surface area (Å²) in [7, 11) is 1.57. The molecule has 0 fully saturated rings. The zero-order chi connectivity index (χ0) is 21.5. The van der Waals surface area contributed by atoms with Crippen LogP contribution in [0, 0.1) is 5.92 Å². The smallest absolute Gasteiger partial charge is 0.331 e. The number of anilines is 1. The highest BCUT2D eigenvalue weighted by atomic mass is 16.5. The molecule has 158 valence electrons. The van der Waals surface area contributed by atoms with Gasteiger partial charge in [-0.3, -0.25) is 4.79 Å². The summed E-state index contributed by atoms with van der Waals surface area (Å²) in [5.74, 6) is 0.849. The first-order valence-corrected chi connectivity index (χ1v) is 10.0. The van der Waals surface area contributed by atoms with Gasteiger partial charge in [-0.25, -0.2) is 4.79 Å². The number of carbonyl (C=O) groups excluding carboxylic acids is 2. The number of ether oxygens (including phenoxy) is 3. The SMILES string of the molecule is COc1cc(/C=C/C(=O)OCC(=O)N2CCc3ccccc32)ccc1OCC(C)C. The summed E-state index contributed by atoms with van der Waals surface area (Å²) >= 11 is 0. The fourth-order valence-electron chi connectivity index (χ4n) is 3.18. The molecule has 0 N–H and O–H groups in total. The molecule has 6 heteroatoms. The lowest BCUT2D eigenvalue weighted by molar-refractivity contribution is -0.142. The Bertz CT molecular complexity index is 935. The third-order valence-corrected chi connectivity index (χ3v) is 4.70. The molecule has 1 heterocycles. The number of methoxy groups -OCH3 is 1. The zero-order valence-corrected chi connectivity index (χ0v) is 17.6. The van der Waals surface area contributed by atoms with Gasteiger partial charge in [0.1, 0.15) is 0 Å². The van der Waals surface area contributed by atoms with Crippen LogP contribution in [0.5, 0.6) is 11.5 Å². The number of carbonyl (C=O) groups is 2. The second kappa shape index (κ2) is 9.96. The molecule has 3 rings (SSSR count). The van der Waals surface area contributed by atoms with E-state index in [2.05, 4.69) is 13.8 Å². The number of para-hydroxylation sites is 1. The van der Waals surface area contributed by atoms with Gasteiger partial charge in [0.05, 0.1) is 13.7 Å². The van der Waals surface area contributed by atoms with Gasteiger partial charge in [0, 0.05) is 18.3 Å². The van der Waals surface area contributed by atoms with Crippen molar-refractivity contribution in [3.8, 4) is 11.5 Å². The van der Waals surface area contributed by atoms with Crippen molar-refractivity contribution in [3.63, 3.8) is 0 Å². The number of fused-ring (bicyclic) bond motifs is 1. The lowest BCUT2D eigenvalue weighted by Gasteiger charge is -2.16. The monoisotopic (exact) mass is 409 g/mol. The van der Waals surface area contributed by atoms with Crippen molar-refractivity contribution in [2.24, 2.45) is 5.92 Å². The van der Waals surface area contributed by atoms with Crippen molar-refractivity contribution in [2.75, 3.05) is 31.8 Å². The summed E-state index contributed by atoms with van der Waals surface area (Å²) in [5, 5.41) is 0. The molecule has 0 aliphatic carbocycles. The second-order valence-corrected chi connectivity index (χ2v) is 7.48. The molecule has 0 aromatic heterocycles. The van der Waals surface area contributed by atoms with E-state index >= 15 is 0 Å². The van der Waals surface area contributed by atoms with E-state index in [0.29, 0.717) is 30.6 Å². The van der Waals surface area contributed by atoms with Crippen LogP contribution < -0.4 is 14.4 Å². The fraction of sp³-hybridized carbons (Fsp3) is 0.333. The first kappa shape index (κ1) is 21.4. The molecule has 6 nitrogen and oxygen atoms in total. The van der Waals surface area contributed by atoms with E-state index in [0.717, 1.165) is 23.2 Å². The predicted molar refractivity (Wildman–Crippen MR) is 116 cm³/mol. The minimum absolute atomic E-state index is 0.227. The highest BCUT2D eigenvalue weighted by Gasteiger charge is 2.24. The van der Waals surface area contributed by atoms with Gasteiger partial charge in [0.25, 0.3) is 5.91 Å². The molecule has 0 radical (unpaired) electrons. The molecule has 1 aliphatic heterocycles. The molecule has 0 spiro atoms. The zero-order valence-electron chi connectivity index (χ0n) is 17.6. The fourth-order valence-corrected chi connectivity index (χ4v) is 3.18. The van der Waals surface area contributed by atoms with E-state index in [1.54, 1.807) is 30.2 Å². The molecular weight excluding hydrogens is 382 g/mol. The molecule has 0 unspecified atom stereocenters. The Morgan fingerprint density at radius 2 is 1.93 bits per heavy atom. The van der Waals surface area contributed by atoms with Crippen molar-refractivity contribution in [1.82, 2.24) is 0 Å². The van der Waals surface area contributed by atoms with E-state index in [4.69, 9.17) is 14.2 Å². The Hall–Kier alpha value is -3.28. The largest absolute Gasteiger partial charge is 0.493 e. The van der Waals surface area contributed by atoms with Crippen LogP contribution in [-0.2, 0) is 20.7 Å². The van der Waals surface area contributed by atoms with E-state index in [1.165, 1.54) is 6.08 Å². The Labute approximate surface area is 177 Å². The number of hydrogen-bond donors (Lipinski definition) is 0. The minimum atomic E-state index is -0.574. The Balaban J connectivity index is 1.54. The maximum absolute atomic E-state index is 12.4. The van der Waals surface area contributed by atoms with Gasteiger partial charge < -0.3 is 19.1 Å². The highest BCUT2D eigenvalue weighted by Crippen LogP contribution is 2.29. The third-order valence-electron chi connectivity index (χ3n) is 4.70. The molecule has 0 saturated carbocycles. The van der Waals surface area contributed by atoms with Crippen LogP contribution in [0.15, 0.2) is 48.5 Å². The molecule has 1 amide bonds. The molecule has 0 atom stereocenters. The van der Waals surface area contributed by atoms with Gasteiger partial charge in [0.15, 0.2) is 18.1 Å². The van der Waals surface area contributed by atoms with Gasteiger partial charge in [-0.2, -0.15) is 0 Å². The van der Waals surface area contributed by atoms with Crippen LogP contribution in [0.3, 0.4) is 0 Å². The van der Waals surface area contributed by atoms with Crippen molar-refractivity contribution in [2.45, 2.75) is 20.3 Å². The Morgan fingerprint density at radius 3 is 2.70 bits per heavy atom. The predicted octanol–water partition coefficient (Wildman–Crippen LogP) is 3.88. The van der Waals surface area contributed by atoms with Gasteiger partial charge in [-0.05, 0) is 47.7 Å². The minimum Gasteiger partial charge on any atom is -0.493 e. The van der Waals surface area contributed by atoms with Crippen LogP contribution in [0.4, 0.5) is 5.69 Å². The number of esters is 1. The number of rotatable bonds is 8. The van der Waals surface area contributed by atoms with Crippen LogP contribution >= 0.6 is 0 Å². The molecule has 0 saturated heterocycles. The van der Waals surface area contributed by atoms with E-state index in [1.807, 2.05) is 30.3 Å². The molecule has 2 aromatic rings. The standard InChI is InChI=1S/C24H27NO5/c1-17(2)15-29-21-10-8-18(14-22(21)28-3)9-11-24(27)30-16-23(26)25-13-12-19-6-4-5-7-20(19)25/h4-11,14,17H,12-13,15-16H2,1-3H3/b11-9+. The van der Waals surface area contributed by atoms with Crippen molar-refractivity contribution >= 4 is 23.6 Å². The average molecular weight is 409 g/mol. The first-order chi connectivity index (χ1) is 14.5. The summed E-state index contributed by atoms with van der Waals surface area (Å²) in [6.07, 6.45) is 3.73. The molecular formula is C24H27NO5. The van der Waals surface area contributed by atoms with Crippen LogP contribution in [-0.4, -0.2) is 38.7 Å². The van der Waals surface area contributed by atoms with Crippen molar-refractivity contribution < 1.29 is 23.8 Å². The Morgan fingerprint density at radius 1 is 1.13 bits per heavy atom. The van der Waals surface area contributed by atoms with Gasteiger partial charge in [0.2, 0.25) is 0 Å². The summed E-state index contributed by atoms with van der Waals surface area (Å²) in [6, 6.07) is 13.2. The number of hydrogen-bond acceptors (Lipinski definition) is 5. The summed E-state index contributed by atoms with van der Waals surface area (Å²) < 4.78 is 16.2. The number of amides is 1. The lowest BCUT2D eigenvalue weighted by atomic mass is 10.2. The maximum Gasteiger partial charge on any atom is 0.331 e. The van der Waals surface area contributed by atoms with Crippen molar-refractivity contribution in [3.05, 3.63) is 59.7 Å². The molecule has 30 heavy (non-hydrogen) atoms. The Kier molecular flexibility index (Phi) is 7.12. The summed E-state index contributed by atoms with van der Waals surface area (Å²) in [6.45, 7) is 5.05. The number of nitrogens with zero attached hydrogens (tertiary/aromatic N) is 1. The third kappa shape index (κ3) is 5.41. The van der Waals surface area contributed by atoms with E-state index in [9.17, 15) is 9.59 Å². The number of benzene rings is 2. The first-order valence-electron chi connectivity index (χ1n) is 10.0. The summed E-state index contributed by atoms with van der Waals surface area (Å²) in [5.41, 5.74) is 2.79.